The average molecular weight is 338 g/mol. The number of rotatable bonds is 7. The first-order valence-electron chi connectivity index (χ1n) is 7.63. The van der Waals surface area contributed by atoms with Crippen molar-refractivity contribution in [3.63, 3.8) is 0 Å². The maximum Gasteiger partial charge on any atom is 0.276 e. The number of aromatic nitrogens is 3. The number of thiophene rings is 1. The lowest BCUT2D eigenvalue weighted by Crippen LogP contribution is -2.30. The Morgan fingerprint density at radius 1 is 1.25 bits per heavy atom. The zero-order valence-corrected chi connectivity index (χ0v) is 14.0. The summed E-state index contributed by atoms with van der Waals surface area (Å²) in [6.07, 6.45) is 3.42. The lowest BCUT2D eigenvalue weighted by Gasteiger charge is -2.18. The standard InChI is InChI=1S/C18H18N4OS/c1-2-10-21(13-16-9-6-11-24-16)18(23)17-14-22(20-19-17)12-15-7-4-3-5-8-15/h2-9,11,14H,1,10,12-13H2. The molecule has 0 aliphatic carbocycles. The molecule has 1 amide bonds. The molecule has 122 valence electrons. The van der Waals surface area contributed by atoms with Crippen LogP contribution >= 0.6 is 11.3 Å². The summed E-state index contributed by atoms with van der Waals surface area (Å²) in [6.45, 7) is 5.35. The summed E-state index contributed by atoms with van der Waals surface area (Å²) in [7, 11) is 0. The summed E-state index contributed by atoms with van der Waals surface area (Å²) < 4.78 is 1.68. The lowest BCUT2D eigenvalue weighted by atomic mass is 10.2. The van der Waals surface area contributed by atoms with Crippen LogP contribution in [0.5, 0.6) is 0 Å². The minimum atomic E-state index is -0.136. The normalized spacial score (nSPS) is 10.5. The van der Waals surface area contributed by atoms with Crippen LogP contribution in [-0.2, 0) is 13.1 Å². The van der Waals surface area contributed by atoms with Crippen molar-refractivity contribution in [3.05, 3.63) is 82.8 Å². The number of hydrogen-bond donors (Lipinski definition) is 0. The molecule has 2 aromatic heterocycles. The average Bonchev–Trinajstić information content (AvgIpc) is 3.27. The molecule has 0 aliphatic heterocycles. The van der Waals surface area contributed by atoms with E-state index in [2.05, 4.69) is 16.9 Å². The van der Waals surface area contributed by atoms with Gasteiger partial charge < -0.3 is 4.90 Å². The topological polar surface area (TPSA) is 51.0 Å². The second kappa shape index (κ2) is 7.70. The van der Waals surface area contributed by atoms with Crippen LogP contribution in [0.4, 0.5) is 0 Å². The molecule has 0 saturated heterocycles. The van der Waals surface area contributed by atoms with Gasteiger partial charge in [0.05, 0.1) is 19.3 Å². The van der Waals surface area contributed by atoms with Gasteiger partial charge in [-0.1, -0.05) is 47.7 Å². The van der Waals surface area contributed by atoms with Crippen molar-refractivity contribution >= 4 is 17.2 Å². The van der Waals surface area contributed by atoms with Crippen LogP contribution in [0, 0.1) is 0 Å². The Morgan fingerprint density at radius 2 is 2.08 bits per heavy atom. The third kappa shape index (κ3) is 3.97. The number of carbonyl (C=O) groups excluding carboxylic acids is 1. The van der Waals surface area contributed by atoms with Gasteiger partial charge in [-0.05, 0) is 17.0 Å². The van der Waals surface area contributed by atoms with E-state index in [0.717, 1.165) is 10.4 Å². The van der Waals surface area contributed by atoms with E-state index >= 15 is 0 Å². The van der Waals surface area contributed by atoms with E-state index in [-0.39, 0.29) is 5.91 Å². The smallest absolute Gasteiger partial charge is 0.276 e. The number of carbonyl (C=O) groups is 1. The second-order valence-electron chi connectivity index (χ2n) is 5.34. The van der Waals surface area contributed by atoms with E-state index < -0.39 is 0 Å². The number of amides is 1. The maximum atomic E-state index is 12.7. The lowest BCUT2D eigenvalue weighted by molar-refractivity contribution is 0.0758. The molecule has 1 aromatic carbocycles. The highest BCUT2D eigenvalue weighted by atomic mass is 32.1. The molecule has 2 heterocycles. The summed E-state index contributed by atoms with van der Waals surface area (Å²) in [6, 6.07) is 14.0. The summed E-state index contributed by atoms with van der Waals surface area (Å²) in [5.74, 6) is -0.136. The monoisotopic (exact) mass is 338 g/mol. The van der Waals surface area contributed by atoms with Gasteiger partial charge in [-0.25, -0.2) is 4.68 Å². The Kier molecular flexibility index (Phi) is 5.18. The molecule has 0 bridgehead atoms. The predicted octanol–water partition coefficient (Wildman–Crippen LogP) is 3.22. The first kappa shape index (κ1) is 16.1. The van der Waals surface area contributed by atoms with Crippen molar-refractivity contribution in [2.45, 2.75) is 13.1 Å². The van der Waals surface area contributed by atoms with Gasteiger partial charge >= 0.3 is 0 Å². The molecule has 0 N–H and O–H groups in total. The minimum Gasteiger partial charge on any atom is -0.328 e. The predicted molar refractivity (Wildman–Crippen MR) is 94.8 cm³/mol. The van der Waals surface area contributed by atoms with E-state index in [1.807, 2.05) is 47.8 Å². The molecule has 5 nitrogen and oxygen atoms in total. The Hall–Kier alpha value is -2.73. The fourth-order valence-corrected chi connectivity index (χ4v) is 3.09. The molecule has 0 unspecified atom stereocenters. The summed E-state index contributed by atoms with van der Waals surface area (Å²) in [5.41, 5.74) is 1.47. The van der Waals surface area contributed by atoms with Crippen LogP contribution in [0.25, 0.3) is 0 Å². The van der Waals surface area contributed by atoms with Gasteiger partial charge in [0.25, 0.3) is 5.91 Å². The molecular formula is C18H18N4OS. The molecule has 0 spiro atoms. The van der Waals surface area contributed by atoms with Gasteiger partial charge in [-0.15, -0.1) is 23.0 Å². The van der Waals surface area contributed by atoms with Crippen LogP contribution in [-0.4, -0.2) is 32.3 Å². The SMILES string of the molecule is C=CCN(Cc1cccs1)C(=O)c1cn(Cc2ccccc2)nn1. The molecular weight excluding hydrogens is 320 g/mol. The number of hydrogen-bond acceptors (Lipinski definition) is 4. The van der Waals surface area contributed by atoms with Crippen molar-refractivity contribution in [1.29, 1.82) is 0 Å². The summed E-state index contributed by atoms with van der Waals surface area (Å²) in [4.78, 5) is 15.5. The highest BCUT2D eigenvalue weighted by Crippen LogP contribution is 2.14. The van der Waals surface area contributed by atoms with Gasteiger partial charge in [-0.3, -0.25) is 4.79 Å². The van der Waals surface area contributed by atoms with E-state index in [1.165, 1.54) is 0 Å². The molecule has 0 aliphatic rings. The van der Waals surface area contributed by atoms with E-state index in [1.54, 1.807) is 33.2 Å². The fraction of sp³-hybridized carbons (Fsp3) is 0.167. The van der Waals surface area contributed by atoms with Gasteiger partial charge in [0.1, 0.15) is 0 Å². The largest absolute Gasteiger partial charge is 0.328 e. The van der Waals surface area contributed by atoms with E-state index in [0.29, 0.717) is 25.3 Å². The number of benzene rings is 1. The van der Waals surface area contributed by atoms with Crippen LogP contribution in [0.15, 0.2) is 66.7 Å². The molecule has 0 saturated carbocycles. The number of nitrogens with zero attached hydrogens (tertiary/aromatic N) is 4. The molecule has 3 rings (SSSR count). The zero-order valence-electron chi connectivity index (χ0n) is 13.2. The zero-order chi connectivity index (χ0) is 16.8. The Labute approximate surface area is 144 Å². The molecule has 0 fully saturated rings. The molecule has 3 aromatic rings. The third-order valence-electron chi connectivity index (χ3n) is 3.51. The van der Waals surface area contributed by atoms with Crippen molar-refractivity contribution < 1.29 is 4.79 Å². The van der Waals surface area contributed by atoms with E-state index in [4.69, 9.17) is 0 Å². The minimum absolute atomic E-state index is 0.136. The Bertz CT molecular complexity index is 796. The first-order chi connectivity index (χ1) is 11.8. The van der Waals surface area contributed by atoms with Gasteiger partial charge in [0, 0.05) is 11.4 Å². The van der Waals surface area contributed by atoms with Crippen molar-refractivity contribution in [2.24, 2.45) is 0 Å². The van der Waals surface area contributed by atoms with Gasteiger partial charge in [0.15, 0.2) is 5.69 Å². The fourth-order valence-electron chi connectivity index (χ4n) is 2.37. The van der Waals surface area contributed by atoms with Crippen molar-refractivity contribution in [2.75, 3.05) is 6.54 Å². The molecule has 24 heavy (non-hydrogen) atoms. The molecule has 0 radical (unpaired) electrons. The van der Waals surface area contributed by atoms with Crippen LogP contribution in [0.1, 0.15) is 20.9 Å². The quantitative estimate of drug-likeness (QED) is 0.622. The highest BCUT2D eigenvalue weighted by molar-refractivity contribution is 7.09. The summed E-state index contributed by atoms with van der Waals surface area (Å²) >= 11 is 1.63. The van der Waals surface area contributed by atoms with E-state index in [9.17, 15) is 4.79 Å². The van der Waals surface area contributed by atoms with Crippen LogP contribution in [0.3, 0.4) is 0 Å². The second-order valence-corrected chi connectivity index (χ2v) is 6.37. The Morgan fingerprint density at radius 3 is 2.79 bits per heavy atom. The van der Waals surface area contributed by atoms with Crippen molar-refractivity contribution in [3.8, 4) is 0 Å². The third-order valence-corrected chi connectivity index (χ3v) is 4.37. The van der Waals surface area contributed by atoms with Crippen LogP contribution < -0.4 is 0 Å². The molecule has 0 atom stereocenters. The highest BCUT2D eigenvalue weighted by Gasteiger charge is 2.19. The first-order valence-corrected chi connectivity index (χ1v) is 8.51. The summed E-state index contributed by atoms with van der Waals surface area (Å²) in [5, 5.41) is 10.1. The maximum absolute atomic E-state index is 12.7. The van der Waals surface area contributed by atoms with Crippen LogP contribution in [0.2, 0.25) is 0 Å². The van der Waals surface area contributed by atoms with Gasteiger partial charge in [0.2, 0.25) is 0 Å². The molecule has 6 heteroatoms. The Balaban J connectivity index is 1.72. The van der Waals surface area contributed by atoms with Crippen molar-refractivity contribution in [1.82, 2.24) is 19.9 Å². The van der Waals surface area contributed by atoms with Gasteiger partial charge in [-0.2, -0.15) is 0 Å².